The van der Waals surface area contributed by atoms with E-state index in [1.165, 1.54) is 0 Å². The van der Waals surface area contributed by atoms with Gasteiger partial charge in [-0.3, -0.25) is 9.69 Å². The molecule has 0 amide bonds. The van der Waals surface area contributed by atoms with Crippen molar-refractivity contribution in [2.75, 3.05) is 19.6 Å². The third-order valence-electron chi connectivity index (χ3n) is 4.15. The Morgan fingerprint density at radius 2 is 1.95 bits per heavy atom. The predicted octanol–water partition coefficient (Wildman–Crippen LogP) is 3.09. The van der Waals surface area contributed by atoms with Gasteiger partial charge < -0.3 is 5.32 Å². The average Bonchev–Trinajstić information content (AvgIpc) is 2.49. The van der Waals surface area contributed by atoms with Crippen LogP contribution in [-0.4, -0.2) is 42.4 Å². The molecule has 0 radical (unpaired) electrons. The van der Waals surface area contributed by atoms with Crippen LogP contribution in [0.15, 0.2) is 28.7 Å². The Morgan fingerprint density at radius 3 is 2.50 bits per heavy atom. The lowest BCUT2D eigenvalue weighted by Crippen LogP contribution is -2.49. The van der Waals surface area contributed by atoms with E-state index in [0.717, 1.165) is 42.5 Å². The Balaban J connectivity index is 2.08. The first-order chi connectivity index (χ1) is 9.63. The molecule has 1 aliphatic heterocycles. The van der Waals surface area contributed by atoms with Crippen molar-refractivity contribution in [1.29, 1.82) is 0 Å². The number of rotatable bonds is 5. The number of carbonyl (C=O) groups is 1. The lowest BCUT2D eigenvalue weighted by atomic mass is 9.98. The van der Waals surface area contributed by atoms with Crippen LogP contribution in [-0.2, 0) is 0 Å². The van der Waals surface area contributed by atoms with E-state index in [9.17, 15) is 4.79 Å². The maximum Gasteiger partial charge on any atom is 0.179 e. The zero-order chi connectivity index (χ0) is 14.5. The summed E-state index contributed by atoms with van der Waals surface area (Å²) in [5.74, 6) is 0.220. The molecule has 1 aliphatic rings. The molecule has 1 atom stereocenters. The highest BCUT2D eigenvalue weighted by molar-refractivity contribution is 9.10. The van der Waals surface area contributed by atoms with E-state index < -0.39 is 0 Å². The molecule has 0 bridgehead atoms. The molecular weight excluding hydrogens is 316 g/mol. The molecule has 1 fully saturated rings. The van der Waals surface area contributed by atoms with E-state index in [1.54, 1.807) is 0 Å². The van der Waals surface area contributed by atoms with Gasteiger partial charge in [0.2, 0.25) is 0 Å². The molecule has 1 aromatic rings. The van der Waals surface area contributed by atoms with E-state index in [0.29, 0.717) is 6.04 Å². The summed E-state index contributed by atoms with van der Waals surface area (Å²) in [6.45, 7) is 7.22. The minimum atomic E-state index is -0.0516. The fraction of sp³-hybridized carbons (Fsp3) is 0.562. The van der Waals surface area contributed by atoms with Gasteiger partial charge in [0.1, 0.15) is 0 Å². The van der Waals surface area contributed by atoms with E-state index in [2.05, 4.69) is 33.1 Å². The van der Waals surface area contributed by atoms with Gasteiger partial charge in [0.15, 0.2) is 5.78 Å². The van der Waals surface area contributed by atoms with Crippen LogP contribution >= 0.6 is 15.9 Å². The Kier molecular flexibility index (Phi) is 5.75. The van der Waals surface area contributed by atoms with E-state index >= 15 is 0 Å². The van der Waals surface area contributed by atoms with Crippen LogP contribution in [0.2, 0.25) is 0 Å². The van der Waals surface area contributed by atoms with Crippen molar-refractivity contribution in [1.82, 2.24) is 10.2 Å². The van der Waals surface area contributed by atoms with Gasteiger partial charge in [0, 0.05) is 16.1 Å². The number of nitrogens with one attached hydrogen (secondary N) is 1. The van der Waals surface area contributed by atoms with Crippen LogP contribution in [0.1, 0.15) is 37.0 Å². The van der Waals surface area contributed by atoms with Crippen molar-refractivity contribution in [3.05, 3.63) is 34.3 Å². The van der Waals surface area contributed by atoms with E-state index in [-0.39, 0.29) is 11.8 Å². The van der Waals surface area contributed by atoms with E-state index in [1.807, 2.05) is 31.2 Å². The molecular formula is C16H23BrN2O. The zero-order valence-electron chi connectivity index (χ0n) is 12.2. The molecule has 0 aromatic heterocycles. The number of likely N-dealkylation sites (N-methyl/N-ethyl adjacent to an activating group) is 1. The van der Waals surface area contributed by atoms with Gasteiger partial charge in [0.25, 0.3) is 0 Å². The van der Waals surface area contributed by atoms with Crippen molar-refractivity contribution in [2.45, 2.75) is 38.8 Å². The summed E-state index contributed by atoms with van der Waals surface area (Å²) in [5, 5.41) is 3.38. The van der Waals surface area contributed by atoms with Crippen LogP contribution in [0.4, 0.5) is 0 Å². The highest BCUT2D eigenvalue weighted by atomic mass is 79.9. The standard InChI is InChI=1S/C16H23BrN2O/c1-3-19(15-8-10-18-11-9-15)12(2)16(20)13-4-6-14(17)7-5-13/h4-7,12,15,18H,3,8-11H2,1-2H3. The number of carbonyl (C=O) groups excluding carboxylic acids is 1. The first-order valence-electron chi connectivity index (χ1n) is 7.39. The van der Waals surface area contributed by atoms with Gasteiger partial charge >= 0.3 is 0 Å². The molecule has 2 rings (SSSR count). The maximum absolute atomic E-state index is 12.6. The second kappa shape index (κ2) is 7.34. The second-order valence-corrected chi connectivity index (χ2v) is 6.27. The summed E-state index contributed by atoms with van der Waals surface area (Å²) in [6, 6.07) is 8.14. The van der Waals surface area contributed by atoms with Gasteiger partial charge in [-0.15, -0.1) is 0 Å². The molecule has 1 heterocycles. The molecule has 1 N–H and O–H groups in total. The number of ketones is 1. The summed E-state index contributed by atoms with van der Waals surface area (Å²) < 4.78 is 1.01. The molecule has 20 heavy (non-hydrogen) atoms. The zero-order valence-corrected chi connectivity index (χ0v) is 13.8. The molecule has 0 aliphatic carbocycles. The molecule has 0 saturated carbocycles. The molecule has 3 nitrogen and oxygen atoms in total. The van der Waals surface area contributed by atoms with Crippen molar-refractivity contribution in [3.8, 4) is 0 Å². The summed E-state index contributed by atoms with van der Waals surface area (Å²) in [7, 11) is 0. The largest absolute Gasteiger partial charge is 0.317 e. The SMILES string of the molecule is CCN(C1CCNCC1)C(C)C(=O)c1ccc(Br)cc1. The van der Waals surface area contributed by atoms with Crippen LogP contribution in [0, 0.1) is 0 Å². The van der Waals surface area contributed by atoms with Crippen LogP contribution in [0.5, 0.6) is 0 Å². The molecule has 4 heteroatoms. The first-order valence-corrected chi connectivity index (χ1v) is 8.19. The third-order valence-corrected chi connectivity index (χ3v) is 4.68. The fourth-order valence-electron chi connectivity index (χ4n) is 2.99. The third kappa shape index (κ3) is 3.68. The van der Waals surface area contributed by atoms with Gasteiger partial charge in [-0.1, -0.05) is 35.0 Å². The maximum atomic E-state index is 12.6. The average molecular weight is 339 g/mol. The Hall–Kier alpha value is -0.710. The number of hydrogen-bond acceptors (Lipinski definition) is 3. The van der Waals surface area contributed by atoms with Crippen molar-refractivity contribution < 1.29 is 4.79 Å². The van der Waals surface area contributed by atoms with Gasteiger partial charge in [-0.2, -0.15) is 0 Å². The smallest absolute Gasteiger partial charge is 0.179 e. The highest BCUT2D eigenvalue weighted by Crippen LogP contribution is 2.19. The first kappa shape index (κ1) is 15.7. The number of hydrogen-bond donors (Lipinski definition) is 1. The lowest BCUT2D eigenvalue weighted by molar-refractivity contribution is 0.0728. The van der Waals surface area contributed by atoms with Crippen LogP contribution in [0.25, 0.3) is 0 Å². The minimum Gasteiger partial charge on any atom is -0.317 e. The summed E-state index contributed by atoms with van der Waals surface area (Å²) in [4.78, 5) is 15.0. The summed E-state index contributed by atoms with van der Waals surface area (Å²) in [5.41, 5.74) is 0.799. The molecule has 1 aromatic carbocycles. The predicted molar refractivity (Wildman–Crippen MR) is 86.2 cm³/mol. The topological polar surface area (TPSA) is 32.3 Å². The molecule has 1 saturated heterocycles. The van der Waals surface area contributed by atoms with Gasteiger partial charge in [-0.05, 0) is 51.5 Å². The normalized spacial score (nSPS) is 18.2. The van der Waals surface area contributed by atoms with Crippen LogP contribution < -0.4 is 5.32 Å². The molecule has 1 unspecified atom stereocenters. The fourth-order valence-corrected chi connectivity index (χ4v) is 3.26. The second-order valence-electron chi connectivity index (χ2n) is 5.36. The van der Waals surface area contributed by atoms with Crippen molar-refractivity contribution in [2.24, 2.45) is 0 Å². The van der Waals surface area contributed by atoms with Crippen molar-refractivity contribution >= 4 is 21.7 Å². The Bertz CT molecular complexity index is 440. The lowest BCUT2D eigenvalue weighted by Gasteiger charge is -2.37. The Morgan fingerprint density at radius 1 is 1.35 bits per heavy atom. The number of piperidine rings is 1. The van der Waals surface area contributed by atoms with E-state index in [4.69, 9.17) is 0 Å². The highest BCUT2D eigenvalue weighted by Gasteiger charge is 2.28. The molecule has 110 valence electrons. The monoisotopic (exact) mass is 338 g/mol. The quantitative estimate of drug-likeness (QED) is 0.837. The van der Waals surface area contributed by atoms with Gasteiger partial charge in [-0.25, -0.2) is 0 Å². The minimum absolute atomic E-state index is 0.0516. The number of benzene rings is 1. The summed E-state index contributed by atoms with van der Waals surface area (Å²) in [6.07, 6.45) is 2.26. The van der Waals surface area contributed by atoms with Gasteiger partial charge in [0.05, 0.1) is 6.04 Å². The van der Waals surface area contributed by atoms with Crippen LogP contribution in [0.3, 0.4) is 0 Å². The van der Waals surface area contributed by atoms with Crippen molar-refractivity contribution in [3.63, 3.8) is 0 Å². The number of Topliss-reactive ketones (excluding diaryl/α,β-unsaturated/α-hetero) is 1. The number of nitrogens with zero attached hydrogens (tertiary/aromatic N) is 1. The molecule has 0 spiro atoms. The summed E-state index contributed by atoms with van der Waals surface area (Å²) >= 11 is 3.41. The number of halogens is 1. The Labute approximate surface area is 129 Å².